The van der Waals surface area contributed by atoms with E-state index in [1.54, 1.807) is 6.26 Å². The highest BCUT2D eigenvalue weighted by molar-refractivity contribution is 7.25. The summed E-state index contributed by atoms with van der Waals surface area (Å²) < 4.78 is 8.25. The number of hydrogen-bond donors (Lipinski definition) is 0. The molecule has 0 spiro atoms. The van der Waals surface area contributed by atoms with Crippen molar-refractivity contribution in [3.05, 3.63) is 134 Å². The van der Waals surface area contributed by atoms with Crippen LogP contribution in [0.1, 0.15) is 0 Å². The second-order valence-corrected chi connectivity index (χ2v) is 11.6. The average Bonchev–Trinajstić information content (AvgIpc) is 3.61. The van der Waals surface area contributed by atoms with Gasteiger partial charge in [-0.3, -0.25) is 0 Å². The van der Waals surface area contributed by atoms with Gasteiger partial charge in [-0.05, 0) is 84.9 Å². The highest BCUT2D eigenvalue weighted by Gasteiger charge is 2.18. The Morgan fingerprint density at radius 1 is 0.425 bits per heavy atom. The van der Waals surface area contributed by atoms with Gasteiger partial charge in [0.25, 0.3) is 0 Å². The Morgan fingerprint density at radius 3 is 1.85 bits per heavy atom. The molecule has 9 rings (SSSR count). The first-order valence-electron chi connectivity index (χ1n) is 13.6. The summed E-state index contributed by atoms with van der Waals surface area (Å²) in [5.74, 6) is 0. The van der Waals surface area contributed by atoms with Crippen LogP contribution in [0.4, 0.5) is 0 Å². The van der Waals surface area contributed by atoms with Gasteiger partial charge in [0.05, 0.1) is 6.26 Å². The van der Waals surface area contributed by atoms with E-state index in [1.165, 1.54) is 74.7 Å². The van der Waals surface area contributed by atoms with Crippen LogP contribution in [0.3, 0.4) is 0 Å². The summed E-state index contributed by atoms with van der Waals surface area (Å²) in [5, 5.41) is 11.4. The van der Waals surface area contributed by atoms with Crippen LogP contribution < -0.4 is 0 Å². The number of fused-ring (bicyclic) bond motifs is 7. The molecular formula is C38H22OS. The lowest BCUT2D eigenvalue weighted by Gasteiger charge is -2.19. The van der Waals surface area contributed by atoms with Gasteiger partial charge in [0.2, 0.25) is 0 Å². The molecule has 0 saturated carbocycles. The first kappa shape index (κ1) is 22.0. The Labute approximate surface area is 234 Å². The predicted octanol–water partition coefficient (Wildman–Crippen LogP) is 11.6. The lowest BCUT2D eigenvalue weighted by atomic mass is 9.84. The molecule has 2 heterocycles. The molecule has 0 atom stereocenters. The molecule has 7 aromatic carbocycles. The maximum Gasteiger partial charge on any atom is 0.135 e. The highest BCUT2D eigenvalue weighted by Crippen LogP contribution is 2.46. The first-order chi connectivity index (χ1) is 19.8. The van der Waals surface area contributed by atoms with Crippen LogP contribution in [0, 0.1) is 0 Å². The maximum atomic E-state index is 5.69. The third kappa shape index (κ3) is 3.08. The molecule has 0 N–H and O–H groups in total. The Hall–Kier alpha value is -4.92. The molecule has 1 nitrogen and oxygen atoms in total. The van der Waals surface area contributed by atoms with Gasteiger partial charge in [0, 0.05) is 25.6 Å². The molecule has 2 heteroatoms. The third-order valence-corrected chi connectivity index (χ3v) is 9.46. The Kier molecular flexibility index (Phi) is 4.55. The number of hydrogen-bond acceptors (Lipinski definition) is 2. The second kappa shape index (κ2) is 8.29. The minimum Gasteiger partial charge on any atom is -0.464 e. The largest absolute Gasteiger partial charge is 0.464 e. The summed E-state index contributed by atoms with van der Waals surface area (Å²) in [5.41, 5.74) is 6.06. The van der Waals surface area contributed by atoms with E-state index in [0.29, 0.717) is 0 Å². The molecule has 0 aliphatic heterocycles. The minimum absolute atomic E-state index is 0.945. The van der Waals surface area contributed by atoms with Gasteiger partial charge in [0.15, 0.2) is 0 Å². The van der Waals surface area contributed by atoms with E-state index in [2.05, 4.69) is 127 Å². The van der Waals surface area contributed by atoms with Gasteiger partial charge in [-0.15, -0.1) is 11.3 Å². The Morgan fingerprint density at radius 2 is 1.07 bits per heavy atom. The van der Waals surface area contributed by atoms with E-state index in [-0.39, 0.29) is 0 Å². The average molecular weight is 527 g/mol. The number of rotatable bonds is 2. The SMILES string of the molecule is c1ccc2c(-c3c4ccccc4c(-c4ccc5sc6cc7occc7cc6c5c4)c4ccccc34)cccc2c1. The summed E-state index contributed by atoms with van der Waals surface area (Å²) in [6.45, 7) is 0. The molecule has 0 aliphatic carbocycles. The normalized spacial score (nSPS) is 12.0. The molecule has 0 saturated heterocycles. The first-order valence-corrected chi connectivity index (χ1v) is 14.4. The van der Waals surface area contributed by atoms with E-state index >= 15 is 0 Å². The molecule has 40 heavy (non-hydrogen) atoms. The van der Waals surface area contributed by atoms with E-state index in [0.717, 1.165) is 11.0 Å². The monoisotopic (exact) mass is 526 g/mol. The van der Waals surface area contributed by atoms with Crippen molar-refractivity contribution < 1.29 is 4.42 Å². The molecule has 0 fully saturated rings. The molecule has 0 amide bonds. The predicted molar refractivity (Wildman–Crippen MR) is 172 cm³/mol. The minimum atomic E-state index is 0.945. The number of thiophene rings is 1. The summed E-state index contributed by atoms with van der Waals surface area (Å²) in [6, 6.07) is 46.7. The van der Waals surface area contributed by atoms with Gasteiger partial charge in [-0.1, -0.05) is 97.1 Å². The number of furan rings is 1. The van der Waals surface area contributed by atoms with Gasteiger partial charge < -0.3 is 4.42 Å². The fourth-order valence-corrected chi connectivity index (χ4v) is 7.66. The van der Waals surface area contributed by atoms with E-state index in [9.17, 15) is 0 Å². The standard InChI is InChI=1S/C38H22OS/c1-2-10-26-23(8-1)9-7-15-27(26)38-30-13-5-3-11-28(30)37(29-12-4-6-14-31(29)38)25-16-17-35-32(21-25)33-20-24-18-19-39-34(24)22-36(33)40-35/h1-22H. The topological polar surface area (TPSA) is 13.1 Å². The van der Waals surface area contributed by atoms with Crippen molar-refractivity contribution in [1.82, 2.24) is 0 Å². The molecule has 9 aromatic rings. The van der Waals surface area contributed by atoms with Crippen molar-refractivity contribution in [2.45, 2.75) is 0 Å². The molecule has 0 aliphatic rings. The smallest absolute Gasteiger partial charge is 0.135 e. The van der Waals surface area contributed by atoms with Crippen molar-refractivity contribution in [3.8, 4) is 22.3 Å². The van der Waals surface area contributed by atoms with E-state index < -0.39 is 0 Å². The lowest BCUT2D eigenvalue weighted by Crippen LogP contribution is -1.91. The second-order valence-electron chi connectivity index (χ2n) is 10.5. The van der Waals surface area contributed by atoms with Crippen molar-refractivity contribution in [3.63, 3.8) is 0 Å². The fourth-order valence-electron chi connectivity index (χ4n) is 6.56. The zero-order valence-electron chi connectivity index (χ0n) is 21.5. The van der Waals surface area contributed by atoms with Crippen LogP contribution in [0.15, 0.2) is 138 Å². The van der Waals surface area contributed by atoms with Gasteiger partial charge in [0.1, 0.15) is 5.58 Å². The Bertz CT molecular complexity index is 2380. The van der Waals surface area contributed by atoms with Crippen LogP contribution in [0.25, 0.3) is 85.7 Å². The van der Waals surface area contributed by atoms with Crippen LogP contribution in [0.5, 0.6) is 0 Å². The molecule has 0 radical (unpaired) electrons. The van der Waals surface area contributed by atoms with Crippen molar-refractivity contribution in [2.24, 2.45) is 0 Å². The highest BCUT2D eigenvalue weighted by atomic mass is 32.1. The lowest BCUT2D eigenvalue weighted by molar-refractivity contribution is 0.616. The molecule has 2 aromatic heterocycles. The van der Waals surface area contributed by atoms with Crippen LogP contribution in [-0.4, -0.2) is 0 Å². The zero-order valence-corrected chi connectivity index (χ0v) is 22.3. The van der Waals surface area contributed by atoms with E-state index in [1.807, 2.05) is 11.3 Å². The summed E-state index contributed by atoms with van der Waals surface area (Å²) in [4.78, 5) is 0. The summed E-state index contributed by atoms with van der Waals surface area (Å²) in [7, 11) is 0. The van der Waals surface area contributed by atoms with Crippen molar-refractivity contribution >= 4 is 74.8 Å². The zero-order chi connectivity index (χ0) is 26.2. The maximum absolute atomic E-state index is 5.69. The van der Waals surface area contributed by atoms with Crippen molar-refractivity contribution in [1.29, 1.82) is 0 Å². The van der Waals surface area contributed by atoms with Crippen LogP contribution in [-0.2, 0) is 0 Å². The summed E-state index contributed by atoms with van der Waals surface area (Å²) in [6.07, 6.45) is 1.78. The molecule has 186 valence electrons. The third-order valence-electron chi connectivity index (χ3n) is 8.32. The molecular weight excluding hydrogens is 504 g/mol. The summed E-state index contributed by atoms with van der Waals surface area (Å²) >= 11 is 1.83. The Balaban J connectivity index is 1.40. The molecule has 0 bridgehead atoms. The van der Waals surface area contributed by atoms with Gasteiger partial charge in [-0.2, -0.15) is 0 Å². The quantitative estimate of drug-likeness (QED) is 0.204. The van der Waals surface area contributed by atoms with E-state index in [4.69, 9.17) is 4.42 Å². The number of benzene rings is 7. The van der Waals surface area contributed by atoms with Gasteiger partial charge >= 0.3 is 0 Å². The van der Waals surface area contributed by atoms with Crippen LogP contribution >= 0.6 is 11.3 Å². The van der Waals surface area contributed by atoms with Gasteiger partial charge in [-0.25, -0.2) is 0 Å². The van der Waals surface area contributed by atoms with Crippen molar-refractivity contribution in [2.75, 3.05) is 0 Å². The fraction of sp³-hybridized carbons (Fsp3) is 0. The van der Waals surface area contributed by atoms with Crippen LogP contribution in [0.2, 0.25) is 0 Å². The molecule has 0 unspecified atom stereocenters.